The summed E-state index contributed by atoms with van der Waals surface area (Å²) in [5.41, 5.74) is 9.29. The number of anilines is 1. The Labute approximate surface area is 121 Å². The SMILES string of the molecule is CC(C)N(CCc1ccncc1)Cc1cccc(N)c1. The monoisotopic (exact) mass is 269 g/mol. The van der Waals surface area contributed by atoms with E-state index in [-0.39, 0.29) is 0 Å². The van der Waals surface area contributed by atoms with Crippen LogP contribution in [0.1, 0.15) is 25.0 Å². The maximum absolute atomic E-state index is 5.85. The van der Waals surface area contributed by atoms with Crippen LogP contribution >= 0.6 is 0 Å². The number of benzene rings is 1. The number of hydrogen-bond acceptors (Lipinski definition) is 3. The van der Waals surface area contributed by atoms with Gasteiger partial charge in [-0.1, -0.05) is 12.1 Å². The van der Waals surface area contributed by atoms with Crippen molar-refractivity contribution in [2.24, 2.45) is 0 Å². The van der Waals surface area contributed by atoms with Crippen molar-refractivity contribution >= 4 is 5.69 Å². The van der Waals surface area contributed by atoms with Crippen molar-refractivity contribution in [1.29, 1.82) is 0 Å². The Kier molecular flexibility index (Phi) is 5.13. The summed E-state index contributed by atoms with van der Waals surface area (Å²) in [5, 5.41) is 0. The van der Waals surface area contributed by atoms with Crippen LogP contribution in [0.2, 0.25) is 0 Å². The summed E-state index contributed by atoms with van der Waals surface area (Å²) in [6, 6.07) is 12.8. The molecule has 0 aliphatic heterocycles. The molecule has 0 spiro atoms. The first kappa shape index (κ1) is 14.5. The average molecular weight is 269 g/mol. The Bertz CT molecular complexity index is 523. The predicted molar refractivity (Wildman–Crippen MR) is 84.3 cm³/mol. The maximum atomic E-state index is 5.85. The highest BCUT2D eigenvalue weighted by atomic mass is 15.1. The molecule has 0 atom stereocenters. The Morgan fingerprint density at radius 1 is 1.10 bits per heavy atom. The van der Waals surface area contributed by atoms with Crippen LogP contribution in [0.25, 0.3) is 0 Å². The van der Waals surface area contributed by atoms with Crippen LogP contribution in [0.4, 0.5) is 5.69 Å². The molecule has 2 rings (SSSR count). The second-order valence-corrected chi connectivity index (χ2v) is 5.41. The molecule has 1 aromatic heterocycles. The number of rotatable bonds is 6. The minimum atomic E-state index is 0.512. The Morgan fingerprint density at radius 3 is 2.50 bits per heavy atom. The summed E-state index contributed by atoms with van der Waals surface area (Å²) in [4.78, 5) is 6.53. The molecule has 3 nitrogen and oxygen atoms in total. The lowest BCUT2D eigenvalue weighted by Gasteiger charge is -2.26. The standard InChI is InChI=1S/C17H23N3/c1-14(2)20(11-8-15-6-9-19-10-7-15)13-16-4-3-5-17(18)12-16/h3-7,9-10,12,14H,8,11,13,18H2,1-2H3. The molecule has 0 saturated heterocycles. The summed E-state index contributed by atoms with van der Waals surface area (Å²) < 4.78 is 0. The van der Waals surface area contributed by atoms with Crippen molar-refractivity contribution in [3.8, 4) is 0 Å². The number of pyridine rings is 1. The van der Waals surface area contributed by atoms with E-state index in [9.17, 15) is 0 Å². The van der Waals surface area contributed by atoms with Crippen LogP contribution in [0.15, 0.2) is 48.8 Å². The van der Waals surface area contributed by atoms with Crippen molar-refractivity contribution in [3.05, 3.63) is 59.9 Å². The Hall–Kier alpha value is -1.87. The zero-order valence-corrected chi connectivity index (χ0v) is 12.3. The van der Waals surface area contributed by atoms with E-state index in [0.29, 0.717) is 6.04 Å². The summed E-state index contributed by atoms with van der Waals surface area (Å²) in [7, 11) is 0. The van der Waals surface area contributed by atoms with Crippen molar-refractivity contribution in [1.82, 2.24) is 9.88 Å². The van der Waals surface area contributed by atoms with Gasteiger partial charge in [-0.25, -0.2) is 0 Å². The fourth-order valence-corrected chi connectivity index (χ4v) is 2.27. The molecule has 20 heavy (non-hydrogen) atoms. The number of nitrogen functional groups attached to an aromatic ring is 1. The largest absolute Gasteiger partial charge is 0.399 e. The second kappa shape index (κ2) is 7.06. The summed E-state index contributed by atoms with van der Waals surface area (Å²) in [6.07, 6.45) is 4.75. The van der Waals surface area contributed by atoms with Crippen molar-refractivity contribution < 1.29 is 0 Å². The van der Waals surface area contributed by atoms with E-state index in [1.54, 1.807) is 0 Å². The Balaban J connectivity index is 1.97. The van der Waals surface area contributed by atoms with Gasteiger partial charge in [0.2, 0.25) is 0 Å². The smallest absolute Gasteiger partial charge is 0.0317 e. The summed E-state index contributed by atoms with van der Waals surface area (Å²) in [5.74, 6) is 0. The highest BCUT2D eigenvalue weighted by Crippen LogP contribution is 2.12. The molecular weight excluding hydrogens is 246 g/mol. The van der Waals surface area contributed by atoms with Crippen LogP contribution in [0, 0.1) is 0 Å². The van der Waals surface area contributed by atoms with E-state index in [1.807, 2.05) is 24.5 Å². The van der Waals surface area contributed by atoms with E-state index >= 15 is 0 Å². The second-order valence-electron chi connectivity index (χ2n) is 5.41. The zero-order valence-electron chi connectivity index (χ0n) is 12.3. The summed E-state index contributed by atoms with van der Waals surface area (Å²) >= 11 is 0. The van der Waals surface area contributed by atoms with Gasteiger partial charge in [-0.15, -0.1) is 0 Å². The van der Waals surface area contributed by atoms with E-state index in [2.05, 4.69) is 48.0 Å². The zero-order chi connectivity index (χ0) is 14.4. The van der Waals surface area contributed by atoms with Crippen LogP contribution < -0.4 is 5.73 Å². The lowest BCUT2D eigenvalue weighted by Crippen LogP contribution is -2.32. The highest BCUT2D eigenvalue weighted by molar-refractivity contribution is 5.40. The molecule has 2 aromatic rings. The molecule has 3 heteroatoms. The fourth-order valence-electron chi connectivity index (χ4n) is 2.27. The van der Waals surface area contributed by atoms with Crippen LogP contribution in [0.3, 0.4) is 0 Å². The van der Waals surface area contributed by atoms with E-state index in [1.165, 1.54) is 11.1 Å². The molecule has 0 fully saturated rings. The molecule has 1 heterocycles. The lowest BCUT2D eigenvalue weighted by atomic mass is 10.1. The van der Waals surface area contributed by atoms with Gasteiger partial charge in [0.05, 0.1) is 0 Å². The molecule has 0 aliphatic carbocycles. The first-order valence-corrected chi connectivity index (χ1v) is 7.12. The van der Waals surface area contributed by atoms with E-state index in [0.717, 1.165) is 25.2 Å². The van der Waals surface area contributed by atoms with Gasteiger partial charge in [0.15, 0.2) is 0 Å². The quantitative estimate of drug-likeness (QED) is 0.819. The molecule has 0 aliphatic rings. The van der Waals surface area contributed by atoms with E-state index < -0.39 is 0 Å². The molecule has 106 valence electrons. The van der Waals surface area contributed by atoms with Crippen LogP contribution in [-0.2, 0) is 13.0 Å². The first-order chi connectivity index (χ1) is 9.65. The van der Waals surface area contributed by atoms with Crippen molar-refractivity contribution in [2.45, 2.75) is 32.9 Å². The van der Waals surface area contributed by atoms with Crippen LogP contribution in [-0.4, -0.2) is 22.5 Å². The van der Waals surface area contributed by atoms with Gasteiger partial charge in [0.25, 0.3) is 0 Å². The number of aromatic nitrogens is 1. The number of hydrogen-bond donors (Lipinski definition) is 1. The molecule has 1 aromatic carbocycles. The Morgan fingerprint density at radius 2 is 1.85 bits per heavy atom. The van der Waals surface area contributed by atoms with Gasteiger partial charge in [-0.2, -0.15) is 0 Å². The fraction of sp³-hybridized carbons (Fsp3) is 0.353. The lowest BCUT2D eigenvalue weighted by molar-refractivity contribution is 0.215. The minimum absolute atomic E-state index is 0.512. The number of nitrogens with zero attached hydrogens (tertiary/aromatic N) is 2. The van der Waals surface area contributed by atoms with Gasteiger partial charge in [-0.05, 0) is 55.7 Å². The van der Waals surface area contributed by atoms with Gasteiger partial charge in [0.1, 0.15) is 0 Å². The van der Waals surface area contributed by atoms with Gasteiger partial charge in [0, 0.05) is 37.2 Å². The third-order valence-corrected chi connectivity index (χ3v) is 3.50. The number of nitrogens with two attached hydrogens (primary N) is 1. The molecule has 0 radical (unpaired) electrons. The first-order valence-electron chi connectivity index (χ1n) is 7.12. The predicted octanol–water partition coefficient (Wildman–Crippen LogP) is 3.12. The minimum Gasteiger partial charge on any atom is -0.399 e. The van der Waals surface area contributed by atoms with Gasteiger partial charge in [-0.3, -0.25) is 9.88 Å². The van der Waals surface area contributed by atoms with Gasteiger partial charge < -0.3 is 5.73 Å². The molecule has 0 amide bonds. The third-order valence-electron chi connectivity index (χ3n) is 3.50. The van der Waals surface area contributed by atoms with Crippen LogP contribution in [0.5, 0.6) is 0 Å². The van der Waals surface area contributed by atoms with Gasteiger partial charge >= 0.3 is 0 Å². The van der Waals surface area contributed by atoms with E-state index in [4.69, 9.17) is 5.73 Å². The molecular formula is C17H23N3. The molecule has 0 saturated carbocycles. The molecule has 0 bridgehead atoms. The topological polar surface area (TPSA) is 42.2 Å². The van der Waals surface area contributed by atoms with Crippen molar-refractivity contribution in [3.63, 3.8) is 0 Å². The summed E-state index contributed by atoms with van der Waals surface area (Å²) in [6.45, 7) is 6.45. The molecule has 0 unspecified atom stereocenters. The average Bonchev–Trinajstić information content (AvgIpc) is 2.44. The maximum Gasteiger partial charge on any atom is 0.0317 e. The normalized spacial score (nSPS) is 11.2. The highest BCUT2D eigenvalue weighted by Gasteiger charge is 2.10. The third kappa shape index (κ3) is 4.35. The molecule has 2 N–H and O–H groups in total. The van der Waals surface area contributed by atoms with Crippen molar-refractivity contribution in [2.75, 3.05) is 12.3 Å².